The molecule has 0 fully saturated rings. The van der Waals surface area contributed by atoms with E-state index in [-0.39, 0.29) is 16.9 Å². The number of pyridine rings is 1. The molecule has 0 amide bonds. The van der Waals surface area contributed by atoms with Crippen LogP contribution in [0.25, 0.3) is 0 Å². The fraction of sp³-hybridized carbons (Fsp3) is 0.214. The Hall–Kier alpha value is -1.45. The van der Waals surface area contributed by atoms with Crippen LogP contribution >= 0.6 is 11.6 Å². The van der Waals surface area contributed by atoms with Crippen molar-refractivity contribution in [3.63, 3.8) is 0 Å². The SMILES string of the molecule is C[C@@H](NCc1ccc(F)c(Cl)c1)c1cccnc1. The van der Waals surface area contributed by atoms with Gasteiger partial charge in [0.25, 0.3) is 0 Å². The van der Waals surface area contributed by atoms with Crippen LogP contribution in [0.3, 0.4) is 0 Å². The molecule has 0 aliphatic rings. The van der Waals surface area contributed by atoms with Gasteiger partial charge in [-0.2, -0.15) is 0 Å². The standard InChI is InChI=1S/C14H14ClFN2/c1-10(12-3-2-6-17-9-12)18-8-11-4-5-14(16)13(15)7-11/h2-7,9-10,18H,8H2,1H3/t10-/m1/s1. The van der Waals surface area contributed by atoms with Gasteiger partial charge >= 0.3 is 0 Å². The van der Waals surface area contributed by atoms with Gasteiger partial charge in [-0.3, -0.25) is 4.98 Å². The van der Waals surface area contributed by atoms with Crippen LogP contribution in [-0.2, 0) is 6.54 Å². The van der Waals surface area contributed by atoms with Gasteiger partial charge in [-0.1, -0.05) is 23.7 Å². The number of halogens is 2. The van der Waals surface area contributed by atoms with Gasteiger partial charge in [0.2, 0.25) is 0 Å². The molecule has 4 heteroatoms. The molecule has 2 rings (SSSR count). The van der Waals surface area contributed by atoms with Crippen LogP contribution in [0.15, 0.2) is 42.7 Å². The van der Waals surface area contributed by atoms with Gasteiger partial charge in [-0.05, 0) is 36.2 Å². The van der Waals surface area contributed by atoms with Crippen LogP contribution in [0.1, 0.15) is 24.1 Å². The van der Waals surface area contributed by atoms with Gasteiger partial charge in [-0.15, -0.1) is 0 Å². The van der Waals surface area contributed by atoms with E-state index in [2.05, 4.69) is 17.2 Å². The molecule has 0 unspecified atom stereocenters. The molecule has 0 aliphatic carbocycles. The maximum absolute atomic E-state index is 13.0. The Kier molecular flexibility index (Phi) is 4.28. The molecule has 1 atom stereocenters. The van der Waals surface area contributed by atoms with E-state index in [1.54, 1.807) is 18.3 Å². The number of aromatic nitrogens is 1. The van der Waals surface area contributed by atoms with Crippen molar-refractivity contribution in [2.75, 3.05) is 0 Å². The first-order valence-electron chi connectivity index (χ1n) is 5.74. The summed E-state index contributed by atoms with van der Waals surface area (Å²) < 4.78 is 13.0. The lowest BCUT2D eigenvalue weighted by Crippen LogP contribution is -2.18. The molecule has 0 saturated carbocycles. The topological polar surface area (TPSA) is 24.9 Å². The van der Waals surface area contributed by atoms with Crippen molar-refractivity contribution in [3.05, 3.63) is 64.7 Å². The third-order valence-electron chi connectivity index (χ3n) is 2.78. The summed E-state index contributed by atoms with van der Waals surface area (Å²) in [7, 11) is 0. The Bertz CT molecular complexity index is 516. The quantitative estimate of drug-likeness (QED) is 0.910. The van der Waals surface area contributed by atoms with Crippen molar-refractivity contribution < 1.29 is 4.39 Å². The molecule has 0 aliphatic heterocycles. The Morgan fingerprint density at radius 2 is 2.22 bits per heavy atom. The fourth-order valence-electron chi connectivity index (χ4n) is 1.67. The Morgan fingerprint density at radius 3 is 2.89 bits per heavy atom. The molecule has 2 nitrogen and oxygen atoms in total. The van der Waals surface area contributed by atoms with E-state index in [0.29, 0.717) is 6.54 Å². The number of rotatable bonds is 4. The molecule has 1 aromatic carbocycles. The van der Waals surface area contributed by atoms with Crippen LogP contribution in [0.5, 0.6) is 0 Å². The maximum Gasteiger partial charge on any atom is 0.141 e. The first kappa shape index (κ1) is 13.0. The predicted octanol–water partition coefficient (Wildman–Crippen LogP) is 3.72. The van der Waals surface area contributed by atoms with E-state index in [0.717, 1.165) is 11.1 Å². The summed E-state index contributed by atoms with van der Waals surface area (Å²) in [5.74, 6) is -0.388. The monoisotopic (exact) mass is 264 g/mol. The van der Waals surface area contributed by atoms with Crippen LogP contribution in [0.4, 0.5) is 4.39 Å². The first-order valence-corrected chi connectivity index (χ1v) is 6.12. The molecular weight excluding hydrogens is 251 g/mol. The summed E-state index contributed by atoms with van der Waals surface area (Å²) in [6.07, 6.45) is 3.57. The van der Waals surface area contributed by atoms with Gasteiger partial charge in [0.05, 0.1) is 5.02 Å². The lowest BCUT2D eigenvalue weighted by atomic mass is 10.1. The number of benzene rings is 1. The molecule has 2 aromatic rings. The zero-order chi connectivity index (χ0) is 13.0. The molecule has 0 radical (unpaired) electrons. The highest BCUT2D eigenvalue weighted by molar-refractivity contribution is 6.30. The molecule has 0 spiro atoms. The third kappa shape index (κ3) is 3.28. The average Bonchev–Trinajstić information content (AvgIpc) is 2.41. The predicted molar refractivity (Wildman–Crippen MR) is 70.9 cm³/mol. The van der Waals surface area contributed by atoms with E-state index in [4.69, 9.17) is 11.6 Å². The van der Waals surface area contributed by atoms with Crippen LogP contribution in [-0.4, -0.2) is 4.98 Å². The Balaban J connectivity index is 1.97. The highest BCUT2D eigenvalue weighted by atomic mass is 35.5. The second kappa shape index (κ2) is 5.94. The largest absolute Gasteiger partial charge is 0.306 e. The van der Waals surface area contributed by atoms with E-state index in [1.807, 2.05) is 18.3 Å². The molecule has 1 heterocycles. The van der Waals surface area contributed by atoms with Crippen molar-refractivity contribution in [3.8, 4) is 0 Å². The fourth-order valence-corrected chi connectivity index (χ4v) is 1.87. The summed E-state index contributed by atoms with van der Waals surface area (Å²) in [4.78, 5) is 4.08. The van der Waals surface area contributed by atoms with E-state index in [9.17, 15) is 4.39 Å². The van der Waals surface area contributed by atoms with Crippen molar-refractivity contribution in [2.45, 2.75) is 19.5 Å². The minimum atomic E-state index is -0.388. The normalized spacial score (nSPS) is 12.4. The second-order valence-corrected chi connectivity index (χ2v) is 4.54. The van der Waals surface area contributed by atoms with Gasteiger partial charge < -0.3 is 5.32 Å². The van der Waals surface area contributed by atoms with Crippen molar-refractivity contribution in [2.24, 2.45) is 0 Å². The maximum atomic E-state index is 13.0. The highest BCUT2D eigenvalue weighted by Gasteiger charge is 2.05. The summed E-state index contributed by atoms with van der Waals surface area (Å²) in [6.45, 7) is 2.69. The molecule has 1 N–H and O–H groups in total. The number of nitrogens with zero attached hydrogens (tertiary/aromatic N) is 1. The van der Waals surface area contributed by atoms with Crippen LogP contribution in [0.2, 0.25) is 5.02 Å². The molecule has 18 heavy (non-hydrogen) atoms. The summed E-state index contributed by atoms with van der Waals surface area (Å²) in [5, 5.41) is 3.50. The van der Waals surface area contributed by atoms with E-state index in [1.165, 1.54) is 6.07 Å². The summed E-state index contributed by atoms with van der Waals surface area (Å²) >= 11 is 5.73. The second-order valence-electron chi connectivity index (χ2n) is 4.14. The third-order valence-corrected chi connectivity index (χ3v) is 3.07. The first-order chi connectivity index (χ1) is 8.66. The van der Waals surface area contributed by atoms with Crippen molar-refractivity contribution >= 4 is 11.6 Å². The Labute approximate surface area is 111 Å². The van der Waals surface area contributed by atoms with Crippen LogP contribution in [0, 0.1) is 5.82 Å². The zero-order valence-electron chi connectivity index (χ0n) is 10.0. The lowest BCUT2D eigenvalue weighted by molar-refractivity contribution is 0.571. The zero-order valence-corrected chi connectivity index (χ0v) is 10.8. The van der Waals surface area contributed by atoms with E-state index < -0.39 is 0 Å². The Morgan fingerprint density at radius 1 is 1.39 bits per heavy atom. The minimum Gasteiger partial charge on any atom is -0.306 e. The minimum absolute atomic E-state index is 0.156. The van der Waals surface area contributed by atoms with Gasteiger partial charge in [-0.25, -0.2) is 4.39 Å². The molecular formula is C14H14ClFN2. The number of hydrogen-bond acceptors (Lipinski definition) is 2. The molecule has 1 aromatic heterocycles. The van der Waals surface area contributed by atoms with Gasteiger partial charge in [0.1, 0.15) is 5.82 Å². The van der Waals surface area contributed by atoms with Crippen LogP contribution < -0.4 is 5.32 Å². The van der Waals surface area contributed by atoms with Crippen molar-refractivity contribution in [1.29, 1.82) is 0 Å². The molecule has 94 valence electrons. The number of nitrogens with one attached hydrogen (secondary N) is 1. The molecule has 0 saturated heterocycles. The smallest absolute Gasteiger partial charge is 0.141 e. The van der Waals surface area contributed by atoms with E-state index >= 15 is 0 Å². The summed E-state index contributed by atoms with van der Waals surface area (Å²) in [6, 6.07) is 8.85. The van der Waals surface area contributed by atoms with Gasteiger partial charge in [0, 0.05) is 25.0 Å². The van der Waals surface area contributed by atoms with Crippen molar-refractivity contribution in [1.82, 2.24) is 10.3 Å². The number of hydrogen-bond donors (Lipinski definition) is 1. The average molecular weight is 265 g/mol. The lowest BCUT2D eigenvalue weighted by Gasteiger charge is -2.14. The van der Waals surface area contributed by atoms with Gasteiger partial charge in [0.15, 0.2) is 0 Å². The highest BCUT2D eigenvalue weighted by Crippen LogP contribution is 2.17. The molecule has 0 bridgehead atoms. The summed E-state index contributed by atoms with van der Waals surface area (Å²) in [5.41, 5.74) is 2.07.